The smallest absolute Gasteiger partial charge is 0.306 e. The standard InChI is InChI=1S/C10H14N2O2S/c1-6-5-15-10(11-6)12-8-3-2-7(4-8)9(13)14/h5,7-8H,2-4H2,1H3,(H,11,12)(H,13,14)/t7-,8+/m0/s1. The quantitative estimate of drug-likeness (QED) is 0.828. The summed E-state index contributed by atoms with van der Waals surface area (Å²) in [5.74, 6) is -0.849. The molecule has 1 heterocycles. The van der Waals surface area contributed by atoms with Gasteiger partial charge in [-0.15, -0.1) is 11.3 Å². The van der Waals surface area contributed by atoms with Gasteiger partial charge in [0.15, 0.2) is 5.13 Å². The first kappa shape index (κ1) is 10.4. The van der Waals surface area contributed by atoms with Crippen LogP contribution >= 0.6 is 11.3 Å². The fourth-order valence-electron chi connectivity index (χ4n) is 1.93. The molecule has 2 atom stereocenters. The Morgan fingerprint density at radius 2 is 2.47 bits per heavy atom. The van der Waals surface area contributed by atoms with Crippen LogP contribution in [-0.4, -0.2) is 22.1 Å². The number of aryl methyl sites for hydroxylation is 1. The summed E-state index contributed by atoms with van der Waals surface area (Å²) < 4.78 is 0. The van der Waals surface area contributed by atoms with E-state index in [1.165, 1.54) is 0 Å². The largest absolute Gasteiger partial charge is 0.481 e. The van der Waals surface area contributed by atoms with E-state index in [1.54, 1.807) is 11.3 Å². The third kappa shape index (κ3) is 2.47. The van der Waals surface area contributed by atoms with Crippen molar-refractivity contribution in [3.8, 4) is 0 Å². The highest BCUT2D eigenvalue weighted by molar-refractivity contribution is 7.13. The number of carboxylic acids is 1. The van der Waals surface area contributed by atoms with E-state index in [4.69, 9.17) is 5.11 Å². The van der Waals surface area contributed by atoms with Crippen LogP contribution in [0.4, 0.5) is 5.13 Å². The zero-order valence-electron chi connectivity index (χ0n) is 8.56. The van der Waals surface area contributed by atoms with E-state index in [9.17, 15) is 4.79 Å². The number of anilines is 1. The second-order valence-corrected chi connectivity index (χ2v) is 4.84. The number of carbonyl (C=O) groups is 1. The van der Waals surface area contributed by atoms with Gasteiger partial charge in [0.05, 0.1) is 11.6 Å². The Labute approximate surface area is 92.3 Å². The second-order valence-electron chi connectivity index (χ2n) is 3.98. The summed E-state index contributed by atoms with van der Waals surface area (Å²) in [6.45, 7) is 1.95. The highest BCUT2D eigenvalue weighted by atomic mass is 32.1. The van der Waals surface area contributed by atoms with Crippen molar-refractivity contribution >= 4 is 22.4 Å². The average molecular weight is 226 g/mol. The number of rotatable bonds is 3. The predicted octanol–water partition coefficient (Wildman–Crippen LogP) is 2.12. The highest BCUT2D eigenvalue weighted by Gasteiger charge is 2.29. The van der Waals surface area contributed by atoms with Crippen molar-refractivity contribution < 1.29 is 9.90 Å². The molecule has 0 spiro atoms. The Kier molecular flexibility index (Phi) is 2.90. The van der Waals surface area contributed by atoms with Crippen molar-refractivity contribution in [2.75, 3.05) is 5.32 Å². The van der Waals surface area contributed by atoms with Crippen molar-refractivity contribution in [1.29, 1.82) is 0 Å². The van der Waals surface area contributed by atoms with Gasteiger partial charge in [-0.2, -0.15) is 0 Å². The third-order valence-electron chi connectivity index (χ3n) is 2.73. The molecule has 82 valence electrons. The molecule has 2 rings (SSSR count). The SMILES string of the molecule is Cc1csc(N[C@@H]2CC[C@H](C(=O)O)C2)n1. The molecular formula is C10H14N2O2S. The molecule has 1 aromatic heterocycles. The van der Waals surface area contributed by atoms with E-state index in [0.29, 0.717) is 6.42 Å². The van der Waals surface area contributed by atoms with Gasteiger partial charge in [-0.05, 0) is 26.2 Å². The lowest BCUT2D eigenvalue weighted by atomic mass is 10.1. The molecule has 4 nitrogen and oxygen atoms in total. The van der Waals surface area contributed by atoms with E-state index in [2.05, 4.69) is 10.3 Å². The van der Waals surface area contributed by atoms with Crippen LogP contribution in [0.25, 0.3) is 0 Å². The first-order valence-corrected chi connectivity index (χ1v) is 5.94. The van der Waals surface area contributed by atoms with Crippen LogP contribution in [0.5, 0.6) is 0 Å². The van der Waals surface area contributed by atoms with Gasteiger partial charge in [-0.25, -0.2) is 4.98 Å². The molecule has 0 saturated heterocycles. The molecule has 0 amide bonds. The maximum Gasteiger partial charge on any atom is 0.306 e. The summed E-state index contributed by atoms with van der Waals surface area (Å²) in [6.07, 6.45) is 2.42. The summed E-state index contributed by atoms with van der Waals surface area (Å²) in [6, 6.07) is 0.275. The minimum atomic E-state index is -0.672. The molecule has 0 aromatic carbocycles. The van der Waals surface area contributed by atoms with Gasteiger partial charge in [0.2, 0.25) is 0 Å². The van der Waals surface area contributed by atoms with Crippen molar-refractivity contribution in [3.63, 3.8) is 0 Å². The summed E-state index contributed by atoms with van der Waals surface area (Å²) >= 11 is 1.58. The van der Waals surface area contributed by atoms with Crippen LogP contribution in [0.3, 0.4) is 0 Å². The Balaban J connectivity index is 1.90. The van der Waals surface area contributed by atoms with Crippen molar-refractivity contribution in [2.45, 2.75) is 32.2 Å². The molecular weight excluding hydrogens is 212 g/mol. The van der Waals surface area contributed by atoms with Crippen LogP contribution in [-0.2, 0) is 4.79 Å². The zero-order chi connectivity index (χ0) is 10.8. The van der Waals surface area contributed by atoms with Gasteiger partial charge in [-0.3, -0.25) is 4.79 Å². The number of nitrogens with zero attached hydrogens (tertiary/aromatic N) is 1. The maximum atomic E-state index is 10.8. The minimum absolute atomic E-state index is 0.177. The molecule has 15 heavy (non-hydrogen) atoms. The predicted molar refractivity (Wildman–Crippen MR) is 59.2 cm³/mol. The van der Waals surface area contributed by atoms with Gasteiger partial charge in [0.1, 0.15) is 0 Å². The third-order valence-corrected chi connectivity index (χ3v) is 3.62. The van der Waals surface area contributed by atoms with Crippen LogP contribution < -0.4 is 5.32 Å². The van der Waals surface area contributed by atoms with Gasteiger partial charge >= 0.3 is 5.97 Å². The first-order valence-electron chi connectivity index (χ1n) is 5.06. The summed E-state index contributed by atoms with van der Waals surface area (Å²) in [7, 11) is 0. The van der Waals surface area contributed by atoms with Crippen molar-refractivity contribution in [1.82, 2.24) is 4.98 Å². The molecule has 0 unspecified atom stereocenters. The van der Waals surface area contributed by atoms with E-state index in [-0.39, 0.29) is 12.0 Å². The number of hydrogen-bond acceptors (Lipinski definition) is 4. The zero-order valence-corrected chi connectivity index (χ0v) is 9.38. The van der Waals surface area contributed by atoms with Gasteiger partial charge in [0.25, 0.3) is 0 Å². The Hall–Kier alpha value is -1.10. The van der Waals surface area contributed by atoms with Crippen LogP contribution in [0.2, 0.25) is 0 Å². The van der Waals surface area contributed by atoms with Crippen LogP contribution in [0.15, 0.2) is 5.38 Å². The number of nitrogens with one attached hydrogen (secondary N) is 1. The Morgan fingerprint density at radius 3 is 3.00 bits per heavy atom. The van der Waals surface area contributed by atoms with Crippen molar-refractivity contribution in [3.05, 3.63) is 11.1 Å². The van der Waals surface area contributed by atoms with E-state index >= 15 is 0 Å². The normalized spacial score (nSPS) is 25.4. The van der Waals surface area contributed by atoms with Gasteiger partial charge in [0, 0.05) is 11.4 Å². The topological polar surface area (TPSA) is 62.2 Å². The highest BCUT2D eigenvalue weighted by Crippen LogP contribution is 2.29. The van der Waals surface area contributed by atoms with Gasteiger partial charge in [-0.1, -0.05) is 0 Å². The Morgan fingerprint density at radius 1 is 1.67 bits per heavy atom. The number of aromatic nitrogens is 1. The maximum absolute atomic E-state index is 10.8. The number of aliphatic carboxylic acids is 1. The number of hydrogen-bond donors (Lipinski definition) is 2. The Bertz CT molecular complexity index is 364. The molecule has 1 aliphatic rings. The fraction of sp³-hybridized carbons (Fsp3) is 0.600. The number of thiazole rings is 1. The molecule has 1 aromatic rings. The summed E-state index contributed by atoms with van der Waals surface area (Å²) in [5, 5.41) is 15.0. The monoisotopic (exact) mass is 226 g/mol. The summed E-state index contributed by atoms with van der Waals surface area (Å²) in [5.41, 5.74) is 1.01. The molecule has 0 aliphatic heterocycles. The molecule has 1 fully saturated rings. The lowest BCUT2D eigenvalue weighted by Gasteiger charge is -2.10. The van der Waals surface area contributed by atoms with Crippen LogP contribution in [0, 0.1) is 12.8 Å². The molecule has 1 saturated carbocycles. The summed E-state index contributed by atoms with van der Waals surface area (Å²) in [4.78, 5) is 15.1. The minimum Gasteiger partial charge on any atom is -0.481 e. The molecule has 5 heteroatoms. The molecule has 0 bridgehead atoms. The average Bonchev–Trinajstić information content (AvgIpc) is 2.76. The van der Waals surface area contributed by atoms with E-state index in [1.807, 2.05) is 12.3 Å². The van der Waals surface area contributed by atoms with Gasteiger partial charge < -0.3 is 10.4 Å². The van der Waals surface area contributed by atoms with E-state index in [0.717, 1.165) is 23.7 Å². The van der Waals surface area contributed by atoms with Crippen LogP contribution in [0.1, 0.15) is 25.0 Å². The van der Waals surface area contributed by atoms with E-state index < -0.39 is 5.97 Å². The molecule has 0 radical (unpaired) electrons. The first-order chi connectivity index (χ1) is 7.15. The molecule has 2 N–H and O–H groups in total. The second kappa shape index (κ2) is 4.18. The number of carboxylic acid groups (broad SMARTS) is 1. The molecule has 1 aliphatic carbocycles. The van der Waals surface area contributed by atoms with Crippen molar-refractivity contribution in [2.24, 2.45) is 5.92 Å². The fourth-order valence-corrected chi connectivity index (χ4v) is 2.70. The lowest BCUT2D eigenvalue weighted by Crippen LogP contribution is -2.17. The lowest BCUT2D eigenvalue weighted by molar-refractivity contribution is -0.141.